The summed E-state index contributed by atoms with van der Waals surface area (Å²) in [5, 5.41) is 38.8. The van der Waals surface area contributed by atoms with Crippen molar-refractivity contribution in [1.29, 1.82) is 0 Å². The monoisotopic (exact) mass is 314 g/mol. The largest absolute Gasteiger partial charge is 0.394 e. The fourth-order valence-corrected chi connectivity index (χ4v) is 3.00. The maximum absolute atomic E-state index is 10.0. The highest BCUT2D eigenvalue weighted by atomic mass is 16.7. The zero-order valence-electron chi connectivity index (χ0n) is 12.9. The minimum absolute atomic E-state index is 0.308. The average molecular weight is 314 g/mol. The average Bonchev–Trinajstić information content (AvgIpc) is 2.49. The van der Waals surface area contributed by atoms with Gasteiger partial charge in [-0.2, -0.15) is 0 Å². The minimum Gasteiger partial charge on any atom is -0.394 e. The van der Waals surface area contributed by atoms with Crippen molar-refractivity contribution in [1.82, 2.24) is 0 Å². The molecule has 126 valence electrons. The van der Waals surface area contributed by atoms with Crippen molar-refractivity contribution in [2.75, 3.05) is 6.61 Å². The van der Waals surface area contributed by atoms with Gasteiger partial charge in [0, 0.05) is 0 Å². The van der Waals surface area contributed by atoms with Crippen LogP contribution in [0.1, 0.15) is 26.2 Å². The first-order valence-electron chi connectivity index (χ1n) is 7.64. The minimum atomic E-state index is -1.43. The highest BCUT2D eigenvalue weighted by molar-refractivity contribution is 5.12. The van der Waals surface area contributed by atoms with Crippen LogP contribution in [0.2, 0.25) is 0 Å². The molecule has 1 saturated heterocycles. The van der Waals surface area contributed by atoms with E-state index in [0.29, 0.717) is 12.3 Å². The first-order valence-corrected chi connectivity index (χ1v) is 7.64. The van der Waals surface area contributed by atoms with Gasteiger partial charge in [-0.1, -0.05) is 18.7 Å². The number of ether oxygens (including phenoxy) is 2. The molecule has 2 fully saturated rings. The van der Waals surface area contributed by atoms with Crippen molar-refractivity contribution in [3.63, 3.8) is 0 Å². The molecule has 0 spiro atoms. The molecule has 1 heterocycles. The lowest BCUT2D eigenvalue weighted by molar-refractivity contribution is -0.309. The fraction of sp³-hybridized carbons (Fsp3) is 0.750. The summed E-state index contributed by atoms with van der Waals surface area (Å²) in [7, 11) is 0. The molecule has 2 rings (SSSR count). The van der Waals surface area contributed by atoms with Crippen LogP contribution >= 0.6 is 0 Å². The van der Waals surface area contributed by atoms with E-state index in [9.17, 15) is 20.4 Å². The Morgan fingerprint density at radius 1 is 1.27 bits per heavy atom. The summed E-state index contributed by atoms with van der Waals surface area (Å²) in [6.45, 7) is 9.48. The number of hydrogen-bond acceptors (Lipinski definition) is 6. The van der Waals surface area contributed by atoms with E-state index in [1.54, 1.807) is 0 Å². The number of hydrogen-bond donors (Lipinski definition) is 4. The van der Waals surface area contributed by atoms with Gasteiger partial charge in [0.05, 0.1) is 12.7 Å². The molecule has 1 saturated carbocycles. The quantitative estimate of drug-likeness (QED) is 0.550. The second kappa shape index (κ2) is 7.21. The van der Waals surface area contributed by atoms with Crippen LogP contribution in [-0.4, -0.2) is 63.8 Å². The third-order valence-corrected chi connectivity index (χ3v) is 4.61. The molecule has 1 aliphatic carbocycles. The first kappa shape index (κ1) is 17.6. The summed E-state index contributed by atoms with van der Waals surface area (Å²) in [6.07, 6.45) is -4.08. The van der Waals surface area contributed by atoms with Gasteiger partial charge in [-0.25, -0.2) is 0 Å². The molecule has 0 aromatic heterocycles. The van der Waals surface area contributed by atoms with Crippen molar-refractivity contribution in [3.05, 3.63) is 24.3 Å². The molecule has 0 bridgehead atoms. The smallest absolute Gasteiger partial charge is 0.187 e. The summed E-state index contributed by atoms with van der Waals surface area (Å²) >= 11 is 0. The molecule has 6 nitrogen and oxygen atoms in total. The summed E-state index contributed by atoms with van der Waals surface area (Å²) in [5.41, 5.74) is 1.99. The molecular formula is C16H26O6. The lowest BCUT2D eigenvalue weighted by atomic mass is 9.81. The highest BCUT2D eigenvalue weighted by Crippen LogP contribution is 2.35. The van der Waals surface area contributed by atoms with E-state index < -0.39 is 37.3 Å². The molecule has 0 aromatic carbocycles. The zero-order valence-corrected chi connectivity index (χ0v) is 12.9. The standard InChI is InChI=1S/C16H26O6/c1-8(2)10-5-4-9(3)11(6-10)21-16-15(20)14(19)13(18)12(7-17)22-16/h10-20H,1,3-7H2,2H3/t10-,11-,12-,13-,14+,15-,16-/m0/s1. The van der Waals surface area contributed by atoms with E-state index in [4.69, 9.17) is 9.47 Å². The maximum atomic E-state index is 10.0. The van der Waals surface area contributed by atoms with Crippen LogP contribution in [0.5, 0.6) is 0 Å². The Morgan fingerprint density at radius 2 is 1.95 bits per heavy atom. The van der Waals surface area contributed by atoms with Crippen LogP contribution in [-0.2, 0) is 9.47 Å². The fourth-order valence-electron chi connectivity index (χ4n) is 3.00. The van der Waals surface area contributed by atoms with Crippen LogP contribution in [0.25, 0.3) is 0 Å². The molecule has 0 unspecified atom stereocenters. The number of allylic oxidation sites excluding steroid dienone is 1. The Morgan fingerprint density at radius 3 is 2.55 bits per heavy atom. The SMILES string of the molecule is C=C(C)[C@H]1CCC(=C)[C@@H](O[C@H]2O[C@@H](CO)[C@H](O)[C@@H](O)[C@@H]2O)C1. The summed E-state index contributed by atoms with van der Waals surface area (Å²) in [4.78, 5) is 0. The first-order chi connectivity index (χ1) is 10.3. The molecule has 0 radical (unpaired) electrons. The molecule has 4 N–H and O–H groups in total. The molecular weight excluding hydrogens is 288 g/mol. The van der Waals surface area contributed by atoms with Gasteiger partial charge in [-0.15, -0.1) is 0 Å². The van der Waals surface area contributed by atoms with E-state index in [1.807, 2.05) is 6.92 Å². The number of aliphatic hydroxyl groups is 4. The second-order valence-corrected chi connectivity index (χ2v) is 6.30. The molecule has 22 heavy (non-hydrogen) atoms. The summed E-state index contributed by atoms with van der Waals surface area (Å²) in [6, 6.07) is 0. The van der Waals surface area contributed by atoms with Crippen molar-refractivity contribution >= 4 is 0 Å². The Bertz CT molecular complexity index is 421. The van der Waals surface area contributed by atoms with Crippen molar-refractivity contribution in [2.45, 2.75) is 63.0 Å². The van der Waals surface area contributed by atoms with Gasteiger partial charge in [0.1, 0.15) is 24.4 Å². The van der Waals surface area contributed by atoms with Crippen LogP contribution in [0.3, 0.4) is 0 Å². The maximum Gasteiger partial charge on any atom is 0.187 e. The number of rotatable bonds is 4. The third kappa shape index (κ3) is 3.59. The van der Waals surface area contributed by atoms with Crippen LogP contribution in [0.4, 0.5) is 0 Å². The number of aliphatic hydroxyl groups excluding tert-OH is 4. The predicted octanol–water partition coefficient (Wildman–Crippen LogP) is 0.104. The normalized spacial score (nSPS) is 43.1. The molecule has 0 amide bonds. The van der Waals surface area contributed by atoms with E-state index >= 15 is 0 Å². The Hall–Kier alpha value is -0.760. The van der Waals surface area contributed by atoms with E-state index in [0.717, 1.165) is 24.0 Å². The van der Waals surface area contributed by atoms with Crippen LogP contribution < -0.4 is 0 Å². The van der Waals surface area contributed by atoms with Gasteiger partial charge in [0.15, 0.2) is 6.29 Å². The zero-order chi connectivity index (χ0) is 16.4. The lowest BCUT2D eigenvalue weighted by Gasteiger charge is -2.42. The highest BCUT2D eigenvalue weighted by Gasteiger charge is 2.45. The van der Waals surface area contributed by atoms with Gasteiger partial charge in [-0.3, -0.25) is 0 Å². The van der Waals surface area contributed by atoms with Crippen LogP contribution in [0.15, 0.2) is 24.3 Å². The summed E-state index contributed by atoms with van der Waals surface area (Å²) in [5.74, 6) is 0.320. The van der Waals surface area contributed by atoms with Crippen molar-refractivity contribution in [3.8, 4) is 0 Å². The van der Waals surface area contributed by atoms with Gasteiger partial charge >= 0.3 is 0 Å². The van der Waals surface area contributed by atoms with E-state index in [-0.39, 0.29) is 6.10 Å². The van der Waals surface area contributed by atoms with Crippen molar-refractivity contribution in [2.24, 2.45) is 5.92 Å². The molecule has 6 heteroatoms. The Labute approximate surface area is 130 Å². The van der Waals surface area contributed by atoms with Crippen LogP contribution in [0, 0.1) is 5.92 Å². The van der Waals surface area contributed by atoms with E-state index in [2.05, 4.69) is 13.2 Å². The predicted molar refractivity (Wildman–Crippen MR) is 79.9 cm³/mol. The topological polar surface area (TPSA) is 99.4 Å². The molecule has 2 aliphatic rings. The van der Waals surface area contributed by atoms with E-state index in [1.165, 1.54) is 0 Å². The van der Waals surface area contributed by atoms with Gasteiger partial charge < -0.3 is 29.9 Å². The molecule has 7 atom stereocenters. The Kier molecular flexibility index (Phi) is 5.76. The second-order valence-electron chi connectivity index (χ2n) is 6.30. The van der Waals surface area contributed by atoms with Gasteiger partial charge in [0.2, 0.25) is 0 Å². The lowest BCUT2D eigenvalue weighted by Crippen LogP contribution is -2.59. The van der Waals surface area contributed by atoms with Gasteiger partial charge in [-0.05, 0) is 37.7 Å². The molecule has 1 aliphatic heterocycles. The van der Waals surface area contributed by atoms with Gasteiger partial charge in [0.25, 0.3) is 0 Å². The third-order valence-electron chi connectivity index (χ3n) is 4.61. The van der Waals surface area contributed by atoms with Crippen molar-refractivity contribution < 1.29 is 29.9 Å². The Balaban J connectivity index is 2.04. The molecule has 0 aromatic rings. The summed E-state index contributed by atoms with van der Waals surface area (Å²) < 4.78 is 11.2.